The summed E-state index contributed by atoms with van der Waals surface area (Å²) in [5.41, 5.74) is 2.93. The van der Waals surface area contributed by atoms with Gasteiger partial charge in [-0.1, -0.05) is 48.5 Å². The standard InChI is InChI=1S/C30H50O2/c1-19-20(18-31)10-13-27(4)16-17-29(6)21(25(19)27)8-9-23-28(5)14-12-24(32)26(2,3)22(28)11-15-30(23,29)7/h18-19,21-25,31-32H,8-17H2,1-7H3/b20-18+/t19-,21-,22?,23-,24-,25-,27+,28-,29+,30+/m0/s1. The molecule has 182 valence electrons. The molecular formula is C30H50O2. The molecule has 5 fully saturated rings. The molecule has 10 atom stereocenters. The molecule has 2 nitrogen and oxygen atoms in total. The highest BCUT2D eigenvalue weighted by Crippen LogP contribution is 2.76. The van der Waals surface area contributed by atoms with Gasteiger partial charge in [-0.05, 0) is 126 Å². The first-order valence-electron chi connectivity index (χ1n) is 13.9. The molecule has 0 saturated heterocycles. The second kappa shape index (κ2) is 7.02. The molecule has 0 aromatic rings. The van der Waals surface area contributed by atoms with E-state index in [1.54, 1.807) is 0 Å². The van der Waals surface area contributed by atoms with E-state index in [0.29, 0.717) is 39.4 Å². The average Bonchev–Trinajstić information content (AvgIpc) is 2.72. The first-order valence-corrected chi connectivity index (χ1v) is 13.9. The first kappa shape index (κ1) is 23.3. The van der Waals surface area contributed by atoms with Crippen molar-refractivity contribution in [1.82, 2.24) is 0 Å². The van der Waals surface area contributed by atoms with Gasteiger partial charge in [0.15, 0.2) is 0 Å². The molecule has 5 saturated carbocycles. The van der Waals surface area contributed by atoms with Crippen LogP contribution in [0.25, 0.3) is 0 Å². The van der Waals surface area contributed by atoms with E-state index < -0.39 is 0 Å². The van der Waals surface area contributed by atoms with E-state index in [1.165, 1.54) is 63.2 Å². The third-order valence-electron chi connectivity index (χ3n) is 13.6. The molecule has 2 heteroatoms. The van der Waals surface area contributed by atoms with Gasteiger partial charge in [0, 0.05) is 0 Å². The Morgan fingerprint density at radius 3 is 2.19 bits per heavy atom. The van der Waals surface area contributed by atoms with Crippen LogP contribution in [0.15, 0.2) is 11.8 Å². The van der Waals surface area contributed by atoms with Crippen molar-refractivity contribution in [2.24, 2.45) is 56.7 Å². The number of allylic oxidation sites excluding steroid dienone is 1. The van der Waals surface area contributed by atoms with Gasteiger partial charge in [-0.15, -0.1) is 0 Å². The lowest BCUT2D eigenvalue weighted by Gasteiger charge is -2.73. The van der Waals surface area contributed by atoms with Crippen molar-refractivity contribution in [3.05, 3.63) is 11.8 Å². The van der Waals surface area contributed by atoms with Crippen molar-refractivity contribution in [1.29, 1.82) is 0 Å². The van der Waals surface area contributed by atoms with E-state index in [4.69, 9.17) is 0 Å². The zero-order valence-electron chi connectivity index (χ0n) is 22.0. The molecule has 0 bridgehead atoms. The summed E-state index contributed by atoms with van der Waals surface area (Å²) < 4.78 is 0. The number of aliphatic hydroxyl groups excluding tert-OH is 2. The lowest BCUT2D eigenvalue weighted by molar-refractivity contribution is -0.252. The van der Waals surface area contributed by atoms with Crippen LogP contribution in [0.5, 0.6) is 0 Å². The van der Waals surface area contributed by atoms with Crippen LogP contribution in [0.3, 0.4) is 0 Å². The van der Waals surface area contributed by atoms with Crippen LogP contribution < -0.4 is 0 Å². The summed E-state index contributed by atoms with van der Waals surface area (Å²) in [6.07, 6.45) is 14.0. The van der Waals surface area contributed by atoms with E-state index in [0.717, 1.165) is 24.7 Å². The Labute approximate surface area is 197 Å². The average molecular weight is 443 g/mol. The normalized spacial score (nSPS) is 58.3. The van der Waals surface area contributed by atoms with Crippen LogP contribution >= 0.6 is 0 Å². The molecule has 0 aliphatic heterocycles. The summed E-state index contributed by atoms with van der Waals surface area (Å²) in [5, 5.41) is 20.9. The van der Waals surface area contributed by atoms with Crippen molar-refractivity contribution < 1.29 is 10.2 Å². The van der Waals surface area contributed by atoms with Gasteiger partial charge < -0.3 is 10.2 Å². The van der Waals surface area contributed by atoms with Crippen molar-refractivity contribution >= 4 is 0 Å². The minimum atomic E-state index is -0.140. The number of rotatable bonds is 0. The highest BCUT2D eigenvalue weighted by Gasteiger charge is 2.69. The SMILES string of the molecule is C[C@H]1/C(=C/O)CC[C@]2(C)CC[C@]3(C)[C@@H](CC[C@H]4[C@@]5(C)CC[C@H](O)C(C)(C)C5CC[C@]43C)[C@H]12. The maximum absolute atomic E-state index is 10.9. The fourth-order valence-electron chi connectivity index (χ4n) is 11.5. The Hall–Kier alpha value is -0.500. The van der Waals surface area contributed by atoms with Crippen LogP contribution in [0.1, 0.15) is 113 Å². The van der Waals surface area contributed by atoms with E-state index >= 15 is 0 Å². The zero-order chi connectivity index (χ0) is 23.3. The summed E-state index contributed by atoms with van der Waals surface area (Å²) in [6, 6.07) is 0. The van der Waals surface area contributed by atoms with E-state index in [-0.39, 0.29) is 11.5 Å². The Morgan fingerprint density at radius 1 is 0.781 bits per heavy atom. The van der Waals surface area contributed by atoms with E-state index in [9.17, 15) is 10.2 Å². The highest BCUT2D eigenvalue weighted by molar-refractivity contribution is 5.21. The minimum absolute atomic E-state index is 0.0376. The molecular weight excluding hydrogens is 392 g/mol. The maximum Gasteiger partial charge on any atom is 0.0786 e. The Kier molecular flexibility index (Phi) is 5.10. The smallest absolute Gasteiger partial charge is 0.0786 e. The summed E-state index contributed by atoms with van der Waals surface area (Å²) >= 11 is 0. The van der Waals surface area contributed by atoms with Crippen LogP contribution in [0.2, 0.25) is 0 Å². The number of aliphatic hydroxyl groups is 2. The number of hydrogen-bond donors (Lipinski definition) is 2. The molecule has 0 aromatic heterocycles. The van der Waals surface area contributed by atoms with E-state index in [1.807, 2.05) is 0 Å². The highest BCUT2D eigenvalue weighted by atomic mass is 16.3. The monoisotopic (exact) mass is 442 g/mol. The maximum atomic E-state index is 10.9. The molecule has 0 aromatic carbocycles. The van der Waals surface area contributed by atoms with Crippen molar-refractivity contribution in [3.63, 3.8) is 0 Å². The van der Waals surface area contributed by atoms with E-state index in [2.05, 4.69) is 48.5 Å². The van der Waals surface area contributed by atoms with Crippen LogP contribution in [0, 0.1) is 56.7 Å². The van der Waals surface area contributed by atoms with Gasteiger partial charge in [-0.25, -0.2) is 0 Å². The third kappa shape index (κ3) is 2.68. The van der Waals surface area contributed by atoms with Crippen molar-refractivity contribution in [2.75, 3.05) is 0 Å². The van der Waals surface area contributed by atoms with Gasteiger partial charge in [0.05, 0.1) is 12.4 Å². The molecule has 2 N–H and O–H groups in total. The second-order valence-corrected chi connectivity index (χ2v) is 14.7. The Balaban J connectivity index is 1.54. The van der Waals surface area contributed by atoms with Gasteiger partial charge in [0.25, 0.3) is 0 Å². The quantitative estimate of drug-likeness (QED) is 0.374. The van der Waals surface area contributed by atoms with Gasteiger partial charge in [0.1, 0.15) is 0 Å². The predicted octanol–water partition coefficient (Wildman–Crippen LogP) is 7.91. The molecule has 5 rings (SSSR count). The molecule has 0 radical (unpaired) electrons. The molecule has 0 spiro atoms. The molecule has 1 unspecified atom stereocenters. The minimum Gasteiger partial charge on any atom is -0.516 e. The van der Waals surface area contributed by atoms with Crippen molar-refractivity contribution in [3.8, 4) is 0 Å². The van der Waals surface area contributed by atoms with Crippen LogP contribution in [0.4, 0.5) is 0 Å². The zero-order valence-corrected chi connectivity index (χ0v) is 22.0. The molecule has 5 aliphatic carbocycles. The van der Waals surface area contributed by atoms with Gasteiger partial charge in [0.2, 0.25) is 0 Å². The van der Waals surface area contributed by atoms with Crippen LogP contribution in [-0.2, 0) is 0 Å². The number of hydrogen-bond acceptors (Lipinski definition) is 2. The molecule has 32 heavy (non-hydrogen) atoms. The lowest BCUT2D eigenvalue weighted by Crippen LogP contribution is -2.67. The van der Waals surface area contributed by atoms with Gasteiger partial charge in [-0.3, -0.25) is 0 Å². The summed E-state index contributed by atoms with van der Waals surface area (Å²) in [4.78, 5) is 0. The number of fused-ring (bicyclic) bond motifs is 7. The molecule has 0 heterocycles. The topological polar surface area (TPSA) is 40.5 Å². The Bertz CT molecular complexity index is 799. The predicted molar refractivity (Wildman–Crippen MR) is 132 cm³/mol. The third-order valence-corrected chi connectivity index (χ3v) is 13.6. The van der Waals surface area contributed by atoms with Gasteiger partial charge >= 0.3 is 0 Å². The van der Waals surface area contributed by atoms with Crippen LogP contribution in [-0.4, -0.2) is 16.3 Å². The first-order chi connectivity index (χ1) is 14.8. The summed E-state index contributed by atoms with van der Waals surface area (Å²) in [6.45, 7) is 17.7. The molecule has 0 amide bonds. The molecule has 5 aliphatic rings. The second-order valence-electron chi connectivity index (χ2n) is 14.7. The fourth-order valence-corrected chi connectivity index (χ4v) is 11.5. The fraction of sp³-hybridized carbons (Fsp3) is 0.933. The summed E-state index contributed by atoms with van der Waals surface area (Å²) in [5.74, 6) is 3.41. The summed E-state index contributed by atoms with van der Waals surface area (Å²) in [7, 11) is 0. The Morgan fingerprint density at radius 2 is 1.50 bits per heavy atom. The lowest BCUT2D eigenvalue weighted by atomic mass is 9.31. The van der Waals surface area contributed by atoms with Crippen molar-refractivity contribution in [2.45, 2.75) is 119 Å². The largest absolute Gasteiger partial charge is 0.516 e. The van der Waals surface area contributed by atoms with Gasteiger partial charge in [-0.2, -0.15) is 0 Å².